The molecule has 3 rings (SSSR count). The van der Waals surface area contributed by atoms with Gasteiger partial charge in [-0.1, -0.05) is 42.0 Å². The average Bonchev–Trinajstić information content (AvgIpc) is 2.87. The van der Waals surface area contributed by atoms with Crippen LogP contribution in [0.5, 0.6) is 0 Å². The Morgan fingerprint density at radius 1 is 1.00 bits per heavy atom. The van der Waals surface area contributed by atoms with Crippen LogP contribution in [-0.2, 0) is 0 Å². The molecule has 0 aliphatic carbocycles. The molecule has 3 nitrogen and oxygen atoms in total. The van der Waals surface area contributed by atoms with Gasteiger partial charge >= 0.3 is 0 Å². The van der Waals surface area contributed by atoms with Gasteiger partial charge in [0.1, 0.15) is 17.4 Å². The minimum atomic E-state index is -0.141. The highest BCUT2D eigenvalue weighted by Crippen LogP contribution is 2.31. The van der Waals surface area contributed by atoms with E-state index in [2.05, 4.69) is 62.6 Å². The van der Waals surface area contributed by atoms with Crippen molar-refractivity contribution in [3.8, 4) is 0 Å². The van der Waals surface area contributed by atoms with E-state index in [0.717, 1.165) is 27.9 Å². The molecule has 0 aliphatic rings. The molecule has 0 saturated carbocycles. The Bertz CT molecular complexity index is 789. The molecule has 0 aliphatic heterocycles. The summed E-state index contributed by atoms with van der Waals surface area (Å²) in [6, 6.07) is 14.4. The highest BCUT2D eigenvalue weighted by Gasteiger charge is 2.19. The van der Waals surface area contributed by atoms with E-state index in [1.807, 2.05) is 6.07 Å². The van der Waals surface area contributed by atoms with Crippen molar-refractivity contribution in [1.82, 2.24) is 5.43 Å². The Kier molecular flexibility index (Phi) is 3.53. The maximum atomic E-state index is 6.05. The molecule has 0 fully saturated rings. The van der Waals surface area contributed by atoms with Crippen LogP contribution in [0.1, 0.15) is 34.1 Å². The Balaban J connectivity index is 2.11. The maximum absolute atomic E-state index is 6.05. The predicted octanol–water partition coefficient (Wildman–Crippen LogP) is 3.91. The van der Waals surface area contributed by atoms with Crippen molar-refractivity contribution in [1.29, 1.82) is 0 Å². The molecule has 3 heteroatoms. The Labute approximate surface area is 124 Å². The first-order chi connectivity index (χ1) is 10.1. The third kappa shape index (κ3) is 2.46. The lowest BCUT2D eigenvalue weighted by Crippen LogP contribution is -2.29. The molecule has 108 valence electrons. The molecular formula is C18H20N2O. The summed E-state index contributed by atoms with van der Waals surface area (Å²) < 4.78 is 6.05. The largest absolute Gasteiger partial charge is 0.459 e. The lowest BCUT2D eigenvalue weighted by atomic mass is 9.98. The molecule has 0 radical (unpaired) electrons. The second-order valence-electron chi connectivity index (χ2n) is 5.60. The second-order valence-corrected chi connectivity index (χ2v) is 5.60. The highest BCUT2D eigenvalue weighted by atomic mass is 16.3. The molecule has 1 atom stereocenters. The van der Waals surface area contributed by atoms with Gasteiger partial charge in [-0.2, -0.15) is 0 Å². The van der Waals surface area contributed by atoms with Gasteiger partial charge in [0.2, 0.25) is 0 Å². The van der Waals surface area contributed by atoms with Crippen LogP contribution in [-0.4, -0.2) is 0 Å². The maximum Gasteiger partial charge on any atom is 0.137 e. The Morgan fingerprint density at radius 2 is 1.81 bits per heavy atom. The number of benzene rings is 2. The van der Waals surface area contributed by atoms with E-state index in [9.17, 15) is 0 Å². The van der Waals surface area contributed by atoms with Crippen LogP contribution in [0.2, 0.25) is 0 Å². The molecule has 0 saturated heterocycles. The molecule has 0 amide bonds. The zero-order valence-electron chi connectivity index (χ0n) is 12.6. The summed E-state index contributed by atoms with van der Waals surface area (Å²) in [5, 5.41) is 1.11. The summed E-state index contributed by atoms with van der Waals surface area (Å²) >= 11 is 0. The standard InChI is InChI=1S/C18H20N2O/c1-11-7-8-15(13(3)9-11)17(20-19)16-10-14-6-4-5-12(2)18(14)21-16/h4-10,17,20H,19H2,1-3H3. The summed E-state index contributed by atoms with van der Waals surface area (Å²) in [6.07, 6.45) is 0. The third-order valence-corrected chi connectivity index (χ3v) is 3.95. The van der Waals surface area contributed by atoms with Gasteiger partial charge in [0.15, 0.2) is 0 Å². The quantitative estimate of drug-likeness (QED) is 0.565. The topological polar surface area (TPSA) is 51.2 Å². The van der Waals surface area contributed by atoms with Gasteiger partial charge < -0.3 is 4.42 Å². The molecule has 1 unspecified atom stereocenters. The number of aryl methyl sites for hydroxylation is 3. The van der Waals surface area contributed by atoms with Gasteiger partial charge in [-0.25, -0.2) is 5.43 Å². The molecule has 1 aromatic heterocycles. The lowest BCUT2D eigenvalue weighted by molar-refractivity contribution is 0.475. The molecule has 3 aromatic rings. The van der Waals surface area contributed by atoms with Crippen molar-refractivity contribution in [2.75, 3.05) is 0 Å². The van der Waals surface area contributed by atoms with Gasteiger partial charge in [0.25, 0.3) is 0 Å². The summed E-state index contributed by atoms with van der Waals surface area (Å²) in [5.41, 5.74) is 8.53. The zero-order chi connectivity index (χ0) is 15.0. The smallest absolute Gasteiger partial charge is 0.137 e. The van der Waals surface area contributed by atoms with Crippen molar-refractivity contribution >= 4 is 11.0 Å². The fourth-order valence-electron chi connectivity index (χ4n) is 2.85. The number of nitrogens with one attached hydrogen (secondary N) is 1. The van der Waals surface area contributed by atoms with Crippen LogP contribution < -0.4 is 11.3 Å². The fourth-order valence-corrected chi connectivity index (χ4v) is 2.85. The SMILES string of the molecule is Cc1ccc(C(NN)c2cc3cccc(C)c3o2)c(C)c1. The summed E-state index contributed by atoms with van der Waals surface area (Å²) in [4.78, 5) is 0. The first-order valence-corrected chi connectivity index (χ1v) is 7.12. The predicted molar refractivity (Wildman–Crippen MR) is 86.0 cm³/mol. The van der Waals surface area contributed by atoms with E-state index in [1.165, 1.54) is 11.1 Å². The Hall–Kier alpha value is -2.10. The van der Waals surface area contributed by atoms with Crippen molar-refractivity contribution in [3.63, 3.8) is 0 Å². The van der Waals surface area contributed by atoms with E-state index in [1.54, 1.807) is 0 Å². The van der Waals surface area contributed by atoms with Crippen molar-refractivity contribution in [2.24, 2.45) is 5.84 Å². The number of hydrogen-bond acceptors (Lipinski definition) is 3. The molecule has 0 bridgehead atoms. The number of hydrogen-bond donors (Lipinski definition) is 2. The summed E-state index contributed by atoms with van der Waals surface area (Å²) in [7, 11) is 0. The number of hydrazine groups is 1. The molecule has 21 heavy (non-hydrogen) atoms. The van der Waals surface area contributed by atoms with Gasteiger partial charge in [0, 0.05) is 5.39 Å². The van der Waals surface area contributed by atoms with Crippen LogP contribution in [0.25, 0.3) is 11.0 Å². The first kappa shape index (κ1) is 13.9. The van der Waals surface area contributed by atoms with Crippen LogP contribution >= 0.6 is 0 Å². The van der Waals surface area contributed by atoms with Gasteiger partial charge in [-0.3, -0.25) is 5.84 Å². The molecule has 3 N–H and O–H groups in total. The number of furan rings is 1. The van der Waals surface area contributed by atoms with Crippen molar-refractivity contribution < 1.29 is 4.42 Å². The van der Waals surface area contributed by atoms with Gasteiger partial charge in [-0.05, 0) is 43.5 Å². The zero-order valence-corrected chi connectivity index (χ0v) is 12.6. The van der Waals surface area contributed by atoms with Crippen LogP contribution in [0.15, 0.2) is 46.9 Å². The fraction of sp³-hybridized carbons (Fsp3) is 0.222. The van der Waals surface area contributed by atoms with E-state index in [4.69, 9.17) is 10.3 Å². The van der Waals surface area contributed by atoms with Crippen molar-refractivity contribution in [2.45, 2.75) is 26.8 Å². The molecule has 1 heterocycles. The minimum absolute atomic E-state index is 0.141. The van der Waals surface area contributed by atoms with E-state index in [0.29, 0.717) is 0 Å². The first-order valence-electron chi connectivity index (χ1n) is 7.12. The molecule has 2 aromatic carbocycles. The van der Waals surface area contributed by atoms with Crippen LogP contribution in [0.4, 0.5) is 0 Å². The number of nitrogens with two attached hydrogens (primary N) is 1. The van der Waals surface area contributed by atoms with E-state index in [-0.39, 0.29) is 6.04 Å². The number of rotatable bonds is 3. The average molecular weight is 280 g/mol. The summed E-state index contributed by atoms with van der Waals surface area (Å²) in [5.74, 6) is 6.64. The molecule has 0 spiro atoms. The monoisotopic (exact) mass is 280 g/mol. The van der Waals surface area contributed by atoms with E-state index < -0.39 is 0 Å². The molecular weight excluding hydrogens is 260 g/mol. The number of fused-ring (bicyclic) bond motifs is 1. The van der Waals surface area contributed by atoms with Crippen molar-refractivity contribution in [3.05, 3.63) is 70.5 Å². The van der Waals surface area contributed by atoms with Crippen LogP contribution in [0.3, 0.4) is 0 Å². The van der Waals surface area contributed by atoms with Gasteiger partial charge in [-0.15, -0.1) is 0 Å². The lowest BCUT2D eigenvalue weighted by Gasteiger charge is -2.16. The number of para-hydroxylation sites is 1. The van der Waals surface area contributed by atoms with Crippen LogP contribution in [0, 0.1) is 20.8 Å². The normalized spacial score (nSPS) is 12.8. The minimum Gasteiger partial charge on any atom is -0.459 e. The second kappa shape index (κ2) is 5.35. The third-order valence-electron chi connectivity index (χ3n) is 3.95. The summed E-state index contributed by atoms with van der Waals surface area (Å²) in [6.45, 7) is 6.24. The van der Waals surface area contributed by atoms with Gasteiger partial charge in [0.05, 0.1) is 0 Å². The highest BCUT2D eigenvalue weighted by molar-refractivity contribution is 5.81. The van der Waals surface area contributed by atoms with E-state index >= 15 is 0 Å². The Morgan fingerprint density at radius 3 is 2.48 bits per heavy atom.